The van der Waals surface area contributed by atoms with Gasteiger partial charge in [-0.3, -0.25) is 9.69 Å². The fourth-order valence-electron chi connectivity index (χ4n) is 2.32. The molecule has 0 saturated carbocycles. The molecule has 0 aliphatic carbocycles. The Morgan fingerprint density at radius 2 is 2.14 bits per heavy atom. The van der Waals surface area contributed by atoms with E-state index in [1.54, 1.807) is 6.07 Å². The second-order valence-corrected chi connectivity index (χ2v) is 5.24. The number of hydrogen-bond acceptors (Lipinski definition) is 3. The van der Waals surface area contributed by atoms with Gasteiger partial charge in [-0.2, -0.15) is 13.2 Å². The highest BCUT2D eigenvalue weighted by Crippen LogP contribution is 2.34. The maximum atomic E-state index is 12.5. The molecule has 0 bridgehead atoms. The number of carboxylic acids is 1. The Morgan fingerprint density at radius 1 is 1.43 bits per heavy atom. The van der Waals surface area contributed by atoms with E-state index in [9.17, 15) is 18.0 Å². The molecule has 116 valence electrons. The average Bonchev–Trinajstić information content (AvgIpc) is 2.73. The number of fused-ring (bicyclic) bond motifs is 1. The summed E-state index contributed by atoms with van der Waals surface area (Å²) in [5.41, 5.74) is 1.31. The van der Waals surface area contributed by atoms with E-state index in [1.165, 1.54) is 6.07 Å². The summed E-state index contributed by atoms with van der Waals surface area (Å²) in [6.45, 7) is -1.75. The number of benzene rings is 1. The van der Waals surface area contributed by atoms with Gasteiger partial charge in [-0.1, -0.05) is 11.6 Å². The molecule has 0 saturated heterocycles. The lowest BCUT2D eigenvalue weighted by Crippen LogP contribution is -2.37. The molecule has 0 fully saturated rings. The summed E-state index contributed by atoms with van der Waals surface area (Å²) in [6, 6.07) is 3.22. The Labute approximate surface area is 124 Å². The number of alkyl halides is 3. The second kappa shape index (κ2) is 6.11. The van der Waals surface area contributed by atoms with Crippen molar-refractivity contribution in [2.45, 2.75) is 19.1 Å². The molecule has 0 unspecified atom stereocenters. The van der Waals surface area contributed by atoms with E-state index in [0.717, 1.165) is 10.5 Å². The molecule has 1 aromatic carbocycles. The molecule has 8 heteroatoms. The van der Waals surface area contributed by atoms with Crippen molar-refractivity contribution in [1.29, 1.82) is 0 Å². The molecule has 0 spiro atoms. The van der Waals surface area contributed by atoms with Gasteiger partial charge in [-0.15, -0.1) is 0 Å². The molecular weight excluding hydrogens is 311 g/mol. The molecule has 2 rings (SSSR count). The lowest BCUT2D eigenvalue weighted by molar-refractivity contribution is -0.154. The van der Waals surface area contributed by atoms with Crippen molar-refractivity contribution in [2.75, 3.05) is 19.7 Å². The molecule has 1 aromatic rings. The van der Waals surface area contributed by atoms with E-state index in [1.807, 2.05) is 0 Å². The number of nitrogens with zero attached hydrogens (tertiary/aromatic N) is 1. The van der Waals surface area contributed by atoms with Crippen LogP contribution in [0.25, 0.3) is 0 Å². The number of aliphatic carboxylic acids is 1. The summed E-state index contributed by atoms with van der Waals surface area (Å²) in [6.07, 6.45) is -3.83. The van der Waals surface area contributed by atoms with Crippen LogP contribution in [0.15, 0.2) is 12.1 Å². The monoisotopic (exact) mass is 323 g/mol. The molecule has 1 N–H and O–H groups in total. The Balaban J connectivity index is 2.22. The smallest absolute Gasteiger partial charge is 0.401 e. The van der Waals surface area contributed by atoms with Gasteiger partial charge in [-0.05, 0) is 17.7 Å². The normalized spacial score (nSPS) is 14.1. The van der Waals surface area contributed by atoms with Gasteiger partial charge < -0.3 is 9.84 Å². The van der Waals surface area contributed by atoms with Gasteiger partial charge in [0.1, 0.15) is 5.75 Å². The van der Waals surface area contributed by atoms with Gasteiger partial charge in [0.05, 0.1) is 19.7 Å². The summed E-state index contributed by atoms with van der Waals surface area (Å²) in [5.74, 6) is -0.809. The highest BCUT2D eigenvalue weighted by atomic mass is 35.5. The van der Waals surface area contributed by atoms with Crippen molar-refractivity contribution in [1.82, 2.24) is 4.90 Å². The third-order valence-corrected chi connectivity index (χ3v) is 3.20. The molecule has 21 heavy (non-hydrogen) atoms. The van der Waals surface area contributed by atoms with Gasteiger partial charge in [0.2, 0.25) is 0 Å². The van der Waals surface area contributed by atoms with Crippen LogP contribution in [0.3, 0.4) is 0 Å². The number of halogens is 4. The Kier molecular flexibility index (Phi) is 4.63. The third-order valence-electron chi connectivity index (χ3n) is 2.98. The summed E-state index contributed by atoms with van der Waals surface area (Å²) in [5, 5.41) is 9.14. The van der Waals surface area contributed by atoms with Gasteiger partial charge in [0, 0.05) is 23.6 Å². The van der Waals surface area contributed by atoms with Gasteiger partial charge in [-0.25, -0.2) is 0 Å². The first-order chi connectivity index (χ1) is 9.74. The number of carbonyl (C=O) groups is 1. The van der Waals surface area contributed by atoms with Crippen LogP contribution >= 0.6 is 11.6 Å². The van der Waals surface area contributed by atoms with Crippen molar-refractivity contribution < 1.29 is 27.8 Å². The zero-order chi connectivity index (χ0) is 15.6. The van der Waals surface area contributed by atoms with Crippen LogP contribution in [-0.2, 0) is 17.8 Å². The fraction of sp³-hybridized carbons (Fsp3) is 0.462. The lowest BCUT2D eigenvalue weighted by Gasteiger charge is -2.22. The largest absolute Gasteiger partial charge is 0.493 e. The fourth-order valence-corrected chi connectivity index (χ4v) is 2.58. The summed E-state index contributed by atoms with van der Waals surface area (Å²) >= 11 is 5.94. The number of carboxylic acid groups (broad SMARTS) is 1. The topological polar surface area (TPSA) is 49.8 Å². The standard InChI is InChI=1S/C13H13ClF3NO3/c14-10-3-8-1-2-21-12(8)9(4-10)5-18(6-11(19)20)7-13(15,16)17/h3-4H,1-2,5-7H2,(H,19,20). The minimum absolute atomic E-state index is 0.186. The predicted octanol–water partition coefficient (Wildman–Crippen LogP) is 2.72. The summed E-state index contributed by atoms with van der Waals surface area (Å²) < 4.78 is 43.0. The highest BCUT2D eigenvalue weighted by molar-refractivity contribution is 6.30. The minimum atomic E-state index is -4.47. The first kappa shape index (κ1) is 15.9. The van der Waals surface area contributed by atoms with Crippen molar-refractivity contribution in [2.24, 2.45) is 0 Å². The molecule has 1 aliphatic rings. The van der Waals surface area contributed by atoms with E-state index >= 15 is 0 Å². The van der Waals surface area contributed by atoms with Crippen LogP contribution in [0.4, 0.5) is 13.2 Å². The molecule has 4 nitrogen and oxygen atoms in total. The second-order valence-electron chi connectivity index (χ2n) is 4.81. The maximum absolute atomic E-state index is 12.5. The predicted molar refractivity (Wildman–Crippen MR) is 69.6 cm³/mol. The van der Waals surface area contributed by atoms with Gasteiger partial charge >= 0.3 is 12.1 Å². The Hall–Kier alpha value is -1.47. The molecule has 0 atom stereocenters. The third kappa shape index (κ3) is 4.50. The van der Waals surface area contributed by atoms with Crippen molar-refractivity contribution in [3.63, 3.8) is 0 Å². The lowest BCUT2D eigenvalue weighted by atomic mass is 10.1. The van der Waals surface area contributed by atoms with E-state index < -0.39 is 25.2 Å². The van der Waals surface area contributed by atoms with Crippen LogP contribution in [-0.4, -0.2) is 41.8 Å². The van der Waals surface area contributed by atoms with Crippen LogP contribution in [0.1, 0.15) is 11.1 Å². The first-order valence-electron chi connectivity index (χ1n) is 6.19. The zero-order valence-corrected chi connectivity index (χ0v) is 11.7. The maximum Gasteiger partial charge on any atom is 0.401 e. The van der Waals surface area contributed by atoms with Crippen LogP contribution < -0.4 is 4.74 Å². The highest BCUT2D eigenvalue weighted by Gasteiger charge is 2.32. The van der Waals surface area contributed by atoms with E-state index in [4.69, 9.17) is 21.4 Å². The quantitative estimate of drug-likeness (QED) is 0.905. The van der Waals surface area contributed by atoms with Crippen molar-refractivity contribution >= 4 is 17.6 Å². The van der Waals surface area contributed by atoms with Crippen molar-refractivity contribution in [3.05, 3.63) is 28.3 Å². The molecule has 0 radical (unpaired) electrons. The van der Waals surface area contributed by atoms with Gasteiger partial charge in [0.25, 0.3) is 0 Å². The summed E-state index contributed by atoms with van der Waals surface area (Å²) in [7, 11) is 0. The molecule has 0 aromatic heterocycles. The molecular formula is C13H13ClF3NO3. The zero-order valence-electron chi connectivity index (χ0n) is 10.9. The number of hydrogen-bond donors (Lipinski definition) is 1. The van der Waals surface area contributed by atoms with Crippen LogP contribution in [0.2, 0.25) is 5.02 Å². The van der Waals surface area contributed by atoms with E-state index in [0.29, 0.717) is 29.4 Å². The number of rotatable bonds is 5. The van der Waals surface area contributed by atoms with E-state index in [-0.39, 0.29) is 6.54 Å². The minimum Gasteiger partial charge on any atom is -0.493 e. The molecule has 1 aliphatic heterocycles. The van der Waals surface area contributed by atoms with Crippen LogP contribution in [0.5, 0.6) is 5.75 Å². The average molecular weight is 324 g/mol. The molecule has 1 heterocycles. The van der Waals surface area contributed by atoms with Crippen molar-refractivity contribution in [3.8, 4) is 5.75 Å². The Bertz CT molecular complexity index is 548. The Morgan fingerprint density at radius 3 is 2.76 bits per heavy atom. The first-order valence-corrected chi connectivity index (χ1v) is 6.57. The number of ether oxygens (including phenoxy) is 1. The van der Waals surface area contributed by atoms with E-state index in [2.05, 4.69) is 0 Å². The van der Waals surface area contributed by atoms with Gasteiger partial charge in [0.15, 0.2) is 0 Å². The summed E-state index contributed by atoms with van der Waals surface area (Å²) in [4.78, 5) is 11.5. The molecule has 0 amide bonds. The SMILES string of the molecule is O=C(O)CN(Cc1cc(Cl)cc2c1OCC2)CC(F)(F)F. The van der Waals surface area contributed by atoms with Crippen LogP contribution in [0, 0.1) is 0 Å².